The summed E-state index contributed by atoms with van der Waals surface area (Å²) in [6, 6.07) is 0. The topological polar surface area (TPSA) is 72.8 Å². The molecule has 0 aliphatic heterocycles. The van der Waals surface area contributed by atoms with Crippen molar-refractivity contribution < 1.29 is 24.2 Å². The van der Waals surface area contributed by atoms with Crippen LogP contribution >= 0.6 is 0 Å². The lowest BCUT2D eigenvalue weighted by Crippen LogP contribution is -2.34. The summed E-state index contributed by atoms with van der Waals surface area (Å²) in [6.45, 7) is 2.19. The Balaban J connectivity index is 4.16. The van der Waals surface area contributed by atoms with Crippen molar-refractivity contribution in [1.29, 1.82) is 0 Å². The highest BCUT2D eigenvalue weighted by molar-refractivity contribution is 5.66. The molecule has 0 saturated heterocycles. The van der Waals surface area contributed by atoms with E-state index < -0.39 is 24.1 Å². The summed E-state index contributed by atoms with van der Waals surface area (Å²) in [5.74, 6) is 1.20. The van der Waals surface area contributed by atoms with Crippen molar-refractivity contribution in [2.45, 2.75) is 32.5 Å². The maximum absolute atomic E-state index is 10.7. The number of aliphatic hydroxyl groups excluding tert-OH is 1. The van der Waals surface area contributed by atoms with E-state index in [4.69, 9.17) is 11.2 Å². The molecule has 0 aliphatic rings. The highest BCUT2D eigenvalue weighted by Gasteiger charge is 2.22. The van der Waals surface area contributed by atoms with Gasteiger partial charge >= 0.3 is 11.9 Å². The molecule has 0 bridgehead atoms. The van der Waals surface area contributed by atoms with Gasteiger partial charge in [0.2, 0.25) is 0 Å². The minimum Gasteiger partial charge on any atom is -0.463 e. The largest absolute Gasteiger partial charge is 0.463 e. The predicted octanol–water partition coefficient (Wildman–Crippen LogP) is -0.135. The number of carbonyl (C=O) groups is 2. The van der Waals surface area contributed by atoms with Crippen LogP contribution in [0, 0.1) is 12.3 Å². The summed E-state index contributed by atoms with van der Waals surface area (Å²) in [5.41, 5.74) is 0. The van der Waals surface area contributed by atoms with Crippen LogP contribution in [0.3, 0.4) is 0 Å². The Hall–Kier alpha value is -1.54. The van der Waals surface area contributed by atoms with Gasteiger partial charge in [0, 0.05) is 20.3 Å². The normalized spacial score (nSPS) is 13.5. The summed E-state index contributed by atoms with van der Waals surface area (Å²) in [7, 11) is 0. The number of hydrogen-bond donors (Lipinski definition) is 1. The van der Waals surface area contributed by atoms with Crippen LogP contribution in [0.15, 0.2) is 0 Å². The lowest BCUT2D eigenvalue weighted by Gasteiger charge is -2.20. The monoisotopic (exact) mass is 214 g/mol. The van der Waals surface area contributed by atoms with Gasteiger partial charge in [0.1, 0.15) is 18.8 Å². The van der Waals surface area contributed by atoms with Crippen molar-refractivity contribution in [1.82, 2.24) is 0 Å². The number of esters is 2. The fourth-order valence-electron chi connectivity index (χ4n) is 0.896. The molecule has 2 atom stereocenters. The molecule has 15 heavy (non-hydrogen) atoms. The molecule has 0 rings (SSSR count). The first-order chi connectivity index (χ1) is 6.97. The molecule has 5 nitrogen and oxygen atoms in total. The average molecular weight is 214 g/mol. The number of aliphatic hydroxyl groups is 1. The van der Waals surface area contributed by atoms with Crippen molar-refractivity contribution in [3.05, 3.63) is 0 Å². The lowest BCUT2D eigenvalue weighted by atomic mass is 10.1. The van der Waals surface area contributed by atoms with E-state index in [1.165, 1.54) is 13.8 Å². The van der Waals surface area contributed by atoms with Crippen LogP contribution in [0.4, 0.5) is 0 Å². The van der Waals surface area contributed by atoms with Gasteiger partial charge in [-0.3, -0.25) is 9.59 Å². The summed E-state index contributed by atoms with van der Waals surface area (Å²) in [6.07, 6.45) is 3.17. The van der Waals surface area contributed by atoms with Crippen LogP contribution in [0.5, 0.6) is 0 Å². The molecule has 0 fully saturated rings. The third-order valence-electron chi connectivity index (χ3n) is 1.52. The molecule has 1 N–H and O–H groups in total. The zero-order valence-corrected chi connectivity index (χ0v) is 8.73. The molecule has 0 aromatic carbocycles. The average Bonchev–Trinajstić information content (AvgIpc) is 2.12. The minimum absolute atomic E-state index is 0.0714. The predicted molar refractivity (Wildman–Crippen MR) is 51.6 cm³/mol. The van der Waals surface area contributed by atoms with E-state index in [0.717, 1.165) is 0 Å². The van der Waals surface area contributed by atoms with Gasteiger partial charge in [-0.1, -0.05) is 0 Å². The molecule has 0 aromatic rings. The van der Waals surface area contributed by atoms with Gasteiger partial charge < -0.3 is 14.6 Å². The summed E-state index contributed by atoms with van der Waals surface area (Å²) in [5, 5.41) is 9.49. The molecular formula is C10H14O5. The van der Waals surface area contributed by atoms with Crippen LogP contribution in [0.25, 0.3) is 0 Å². The first-order valence-electron chi connectivity index (χ1n) is 4.39. The van der Waals surface area contributed by atoms with E-state index in [9.17, 15) is 14.7 Å². The molecule has 1 unspecified atom stereocenters. The second kappa shape index (κ2) is 6.85. The molecule has 0 aliphatic carbocycles. The Morgan fingerprint density at radius 1 is 1.40 bits per heavy atom. The number of hydrogen-bond acceptors (Lipinski definition) is 5. The second-order valence-electron chi connectivity index (χ2n) is 2.93. The van der Waals surface area contributed by atoms with Gasteiger partial charge in [-0.2, -0.15) is 0 Å². The van der Waals surface area contributed by atoms with E-state index in [-0.39, 0.29) is 13.0 Å². The van der Waals surface area contributed by atoms with Crippen molar-refractivity contribution >= 4 is 11.9 Å². The fourth-order valence-corrected chi connectivity index (χ4v) is 0.896. The van der Waals surface area contributed by atoms with Gasteiger partial charge in [-0.15, -0.1) is 12.3 Å². The molecule has 0 saturated carbocycles. The Labute approximate surface area is 88.4 Å². The molecular weight excluding hydrogens is 200 g/mol. The van der Waals surface area contributed by atoms with E-state index in [1.807, 2.05) is 0 Å². The van der Waals surface area contributed by atoms with Crippen LogP contribution in [0.2, 0.25) is 0 Å². The molecule has 5 heteroatoms. The summed E-state index contributed by atoms with van der Waals surface area (Å²) >= 11 is 0. The van der Waals surface area contributed by atoms with Gasteiger partial charge in [0.05, 0.1) is 0 Å². The quantitative estimate of drug-likeness (QED) is 0.509. The number of rotatable bonds is 5. The molecule has 0 heterocycles. The van der Waals surface area contributed by atoms with Crippen molar-refractivity contribution in [3.8, 4) is 12.3 Å². The zero-order valence-electron chi connectivity index (χ0n) is 8.73. The van der Waals surface area contributed by atoms with E-state index >= 15 is 0 Å². The van der Waals surface area contributed by atoms with Gasteiger partial charge in [-0.25, -0.2) is 0 Å². The number of terminal acetylenes is 1. The van der Waals surface area contributed by atoms with Gasteiger partial charge in [0.15, 0.2) is 0 Å². The maximum atomic E-state index is 10.7. The van der Waals surface area contributed by atoms with E-state index in [0.29, 0.717) is 0 Å². The van der Waals surface area contributed by atoms with E-state index in [2.05, 4.69) is 10.7 Å². The summed E-state index contributed by atoms with van der Waals surface area (Å²) in [4.78, 5) is 21.1. The Morgan fingerprint density at radius 2 is 2.00 bits per heavy atom. The van der Waals surface area contributed by atoms with Crippen LogP contribution in [-0.4, -0.2) is 35.9 Å². The van der Waals surface area contributed by atoms with Crippen LogP contribution in [-0.2, 0) is 19.1 Å². The van der Waals surface area contributed by atoms with Crippen molar-refractivity contribution in [2.24, 2.45) is 0 Å². The molecule has 0 spiro atoms. The Morgan fingerprint density at radius 3 is 2.40 bits per heavy atom. The second-order valence-corrected chi connectivity index (χ2v) is 2.93. The van der Waals surface area contributed by atoms with Crippen molar-refractivity contribution in [2.75, 3.05) is 6.61 Å². The number of ether oxygens (including phenoxy) is 2. The Bertz CT molecular complexity index is 265. The minimum atomic E-state index is -1.10. The first-order valence-corrected chi connectivity index (χ1v) is 4.39. The standard InChI is InChI=1S/C10H14O5/c1-4-5-10(15-8(3)12)9(13)6-14-7(2)11/h1,9-10,13H,5-6H2,2-3H3/t9-,10?/m1/s1. The van der Waals surface area contributed by atoms with Gasteiger partial charge in [0.25, 0.3) is 0 Å². The van der Waals surface area contributed by atoms with E-state index in [1.54, 1.807) is 0 Å². The zero-order chi connectivity index (χ0) is 11.8. The molecule has 0 radical (unpaired) electrons. The summed E-state index contributed by atoms with van der Waals surface area (Å²) < 4.78 is 9.33. The van der Waals surface area contributed by atoms with Crippen LogP contribution < -0.4 is 0 Å². The highest BCUT2D eigenvalue weighted by atomic mass is 16.6. The third-order valence-corrected chi connectivity index (χ3v) is 1.52. The maximum Gasteiger partial charge on any atom is 0.303 e. The molecule has 0 aromatic heterocycles. The Kier molecular flexibility index (Phi) is 6.14. The van der Waals surface area contributed by atoms with Crippen molar-refractivity contribution in [3.63, 3.8) is 0 Å². The smallest absolute Gasteiger partial charge is 0.303 e. The molecule has 0 amide bonds. The first kappa shape index (κ1) is 13.5. The fraction of sp³-hybridized carbons (Fsp3) is 0.600. The van der Waals surface area contributed by atoms with Gasteiger partial charge in [-0.05, 0) is 0 Å². The van der Waals surface area contributed by atoms with Crippen LogP contribution in [0.1, 0.15) is 20.3 Å². The highest BCUT2D eigenvalue weighted by Crippen LogP contribution is 2.05. The number of carbonyl (C=O) groups excluding carboxylic acids is 2. The third kappa shape index (κ3) is 6.52. The lowest BCUT2D eigenvalue weighted by molar-refractivity contribution is -0.157. The SMILES string of the molecule is C#CCC(OC(C)=O)[C@H](O)COC(C)=O. The molecule has 84 valence electrons.